The first kappa shape index (κ1) is 23.4. The molecule has 8 nitrogen and oxygen atoms in total. The van der Waals surface area contributed by atoms with Crippen molar-refractivity contribution in [1.82, 2.24) is 15.1 Å². The maximum atomic E-state index is 13.8. The van der Waals surface area contributed by atoms with Crippen LogP contribution in [0.15, 0.2) is 84.9 Å². The molecule has 1 unspecified atom stereocenters. The van der Waals surface area contributed by atoms with Crippen molar-refractivity contribution in [3.63, 3.8) is 0 Å². The Morgan fingerprint density at radius 3 is 2.14 bits per heavy atom. The van der Waals surface area contributed by atoms with Crippen LogP contribution in [-0.4, -0.2) is 60.0 Å². The number of amides is 4. The predicted molar refractivity (Wildman–Crippen MR) is 133 cm³/mol. The molecule has 0 saturated carbocycles. The second kappa shape index (κ2) is 9.73. The Balaban J connectivity index is 1.35. The number of benzene rings is 3. The van der Waals surface area contributed by atoms with E-state index in [1.807, 2.05) is 67.6 Å². The molecule has 1 saturated heterocycles. The van der Waals surface area contributed by atoms with Crippen molar-refractivity contribution in [2.75, 3.05) is 26.2 Å². The van der Waals surface area contributed by atoms with Crippen molar-refractivity contribution in [1.29, 1.82) is 0 Å². The van der Waals surface area contributed by atoms with E-state index in [0.717, 1.165) is 4.90 Å². The lowest BCUT2D eigenvalue weighted by Crippen LogP contribution is -2.49. The zero-order chi connectivity index (χ0) is 25.1. The number of likely N-dealkylation sites (N-methyl/N-ethyl adjacent to an activating group) is 1. The van der Waals surface area contributed by atoms with Gasteiger partial charge in [-0.1, -0.05) is 72.8 Å². The number of para-hydroxylation sites is 2. The number of nitrogens with zero attached hydrogens (tertiary/aromatic N) is 2. The second-order valence-electron chi connectivity index (χ2n) is 8.73. The molecular formula is C28H27N3O5. The average Bonchev–Trinajstić information content (AvgIpc) is 3.18. The minimum atomic E-state index is -1.40. The number of imide groups is 1. The fraction of sp³-hybridized carbons (Fsp3) is 0.250. The Bertz CT molecular complexity index is 1220. The molecule has 3 aromatic rings. The summed E-state index contributed by atoms with van der Waals surface area (Å²) in [5.74, 6) is 0.461. The van der Waals surface area contributed by atoms with E-state index in [1.165, 1.54) is 0 Å². The topological polar surface area (TPSA) is 88.2 Å². The molecule has 8 heteroatoms. The highest BCUT2D eigenvalue weighted by Crippen LogP contribution is 2.36. The monoisotopic (exact) mass is 485 g/mol. The molecule has 5 rings (SSSR count). The van der Waals surface area contributed by atoms with Crippen LogP contribution in [-0.2, 0) is 15.1 Å². The lowest BCUT2D eigenvalue weighted by Gasteiger charge is -2.31. The van der Waals surface area contributed by atoms with Crippen LogP contribution < -0.4 is 14.8 Å². The average molecular weight is 486 g/mol. The third kappa shape index (κ3) is 4.15. The standard InChI is InChI=1S/C28H27N3O5/c1-2-30(17-22-19-35-23-15-9-10-16-24(23)36-22)25(32)18-31-26(33)28(29-27(31)34,20-11-5-3-6-12-20)21-13-7-4-8-14-21/h3-16,22H,2,17-19H2,1H3,(H,29,34). The van der Waals surface area contributed by atoms with Crippen LogP contribution in [0.2, 0.25) is 0 Å². The van der Waals surface area contributed by atoms with Gasteiger partial charge in [0.2, 0.25) is 5.91 Å². The van der Waals surface area contributed by atoms with Gasteiger partial charge in [0.05, 0.1) is 6.54 Å². The van der Waals surface area contributed by atoms with Crippen LogP contribution >= 0.6 is 0 Å². The molecular weight excluding hydrogens is 458 g/mol. The minimum absolute atomic E-state index is 0.274. The molecule has 2 heterocycles. The second-order valence-corrected chi connectivity index (χ2v) is 8.73. The zero-order valence-corrected chi connectivity index (χ0v) is 19.9. The molecule has 1 fully saturated rings. The summed E-state index contributed by atoms with van der Waals surface area (Å²) < 4.78 is 11.8. The molecule has 184 valence electrons. The first-order valence-corrected chi connectivity index (χ1v) is 11.9. The largest absolute Gasteiger partial charge is 0.486 e. The highest BCUT2D eigenvalue weighted by Gasteiger charge is 2.54. The number of ether oxygens (including phenoxy) is 2. The Labute approximate surface area is 209 Å². The van der Waals surface area contributed by atoms with Crippen LogP contribution in [0.25, 0.3) is 0 Å². The fourth-order valence-corrected chi connectivity index (χ4v) is 4.70. The molecule has 3 aromatic carbocycles. The van der Waals surface area contributed by atoms with E-state index in [1.54, 1.807) is 29.2 Å². The Kier molecular flexibility index (Phi) is 6.33. The molecule has 1 N–H and O–H groups in total. The summed E-state index contributed by atoms with van der Waals surface area (Å²) in [6.45, 7) is 2.45. The first-order chi connectivity index (χ1) is 17.5. The number of nitrogens with one attached hydrogen (secondary N) is 1. The maximum absolute atomic E-state index is 13.8. The van der Waals surface area contributed by atoms with Gasteiger partial charge >= 0.3 is 6.03 Å². The molecule has 0 aromatic heterocycles. The van der Waals surface area contributed by atoms with E-state index < -0.39 is 17.5 Å². The van der Waals surface area contributed by atoms with Crippen LogP contribution in [0.1, 0.15) is 18.1 Å². The molecule has 0 spiro atoms. The third-order valence-corrected chi connectivity index (χ3v) is 6.54. The maximum Gasteiger partial charge on any atom is 0.326 e. The lowest BCUT2D eigenvalue weighted by atomic mass is 9.82. The van der Waals surface area contributed by atoms with Gasteiger partial charge in [-0.25, -0.2) is 4.79 Å². The van der Waals surface area contributed by atoms with Gasteiger partial charge in [-0.3, -0.25) is 14.5 Å². The highest BCUT2D eigenvalue weighted by atomic mass is 16.6. The SMILES string of the molecule is CCN(CC1COc2ccccc2O1)C(=O)CN1C(=O)NC(c2ccccc2)(c2ccccc2)C1=O. The van der Waals surface area contributed by atoms with Crippen LogP contribution in [0.4, 0.5) is 4.79 Å². The van der Waals surface area contributed by atoms with Gasteiger partial charge in [0.15, 0.2) is 23.1 Å². The Hall–Kier alpha value is -4.33. The number of fused-ring (bicyclic) bond motifs is 1. The number of carbonyl (C=O) groups is 3. The summed E-state index contributed by atoms with van der Waals surface area (Å²) in [7, 11) is 0. The van der Waals surface area contributed by atoms with Crippen molar-refractivity contribution in [2.24, 2.45) is 0 Å². The van der Waals surface area contributed by atoms with Gasteiger partial charge in [0.1, 0.15) is 13.2 Å². The fourth-order valence-electron chi connectivity index (χ4n) is 4.70. The Morgan fingerprint density at radius 1 is 0.944 bits per heavy atom. The quantitative estimate of drug-likeness (QED) is 0.520. The number of hydrogen-bond donors (Lipinski definition) is 1. The summed E-state index contributed by atoms with van der Waals surface area (Å²) in [6.07, 6.45) is -0.361. The lowest BCUT2D eigenvalue weighted by molar-refractivity contribution is -0.139. The summed E-state index contributed by atoms with van der Waals surface area (Å²) in [5, 5.41) is 2.88. The van der Waals surface area contributed by atoms with Crippen LogP contribution in [0, 0.1) is 0 Å². The number of carbonyl (C=O) groups excluding carboxylic acids is 3. The predicted octanol–water partition coefficient (Wildman–Crippen LogP) is 3.17. The number of urea groups is 1. The molecule has 0 bridgehead atoms. The molecule has 1 atom stereocenters. The van der Waals surface area contributed by atoms with Gasteiger partial charge in [0, 0.05) is 6.54 Å². The van der Waals surface area contributed by atoms with E-state index in [9.17, 15) is 14.4 Å². The normalized spacial score (nSPS) is 18.0. The minimum Gasteiger partial charge on any atom is -0.486 e. The van der Waals surface area contributed by atoms with Gasteiger partial charge in [-0.05, 0) is 30.2 Å². The number of rotatable bonds is 7. The van der Waals surface area contributed by atoms with Crippen molar-refractivity contribution in [3.05, 3.63) is 96.1 Å². The van der Waals surface area contributed by atoms with E-state index in [2.05, 4.69) is 5.32 Å². The van der Waals surface area contributed by atoms with Crippen molar-refractivity contribution >= 4 is 17.8 Å². The number of hydrogen-bond acceptors (Lipinski definition) is 5. The summed E-state index contributed by atoms with van der Waals surface area (Å²) in [6, 6.07) is 24.9. The third-order valence-electron chi connectivity index (χ3n) is 6.54. The highest BCUT2D eigenvalue weighted by molar-refractivity contribution is 6.11. The van der Waals surface area contributed by atoms with Crippen molar-refractivity contribution in [3.8, 4) is 11.5 Å². The molecule has 0 radical (unpaired) electrons. The van der Waals surface area contributed by atoms with Gasteiger partial charge in [0.25, 0.3) is 5.91 Å². The first-order valence-electron chi connectivity index (χ1n) is 11.9. The van der Waals surface area contributed by atoms with E-state index in [4.69, 9.17) is 9.47 Å². The molecule has 2 aliphatic rings. The van der Waals surface area contributed by atoms with Crippen molar-refractivity contribution in [2.45, 2.75) is 18.6 Å². The molecule has 4 amide bonds. The van der Waals surface area contributed by atoms with Crippen molar-refractivity contribution < 1.29 is 23.9 Å². The smallest absolute Gasteiger partial charge is 0.326 e. The zero-order valence-electron chi connectivity index (χ0n) is 19.9. The van der Waals surface area contributed by atoms with E-state index >= 15 is 0 Å². The van der Waals surface area contributed by atoms with Crippen LogP contribution in [0.3, 0.4) is 0 Å². The van der Waals surface area contributed by atoms with Crippen LogP contribution in [0.5, 0.6) is 11.5 Å². The molecule has 0 aliphatic carbocycles. The van der Waals surface area contributed by atoms with Gasteiger partial charge in [-0.15, -0.1) is 0 Å². The van der Waals surface area contributed by atoms with Gasteiger partial charge in [-0.2, -0.15) is 0 Å². The molecule has 2 aliphatic heterocycles. The summed E-state index contributed by atoms with van der Waals surface area (Å²) in [4.78, 5) is 42.8. The summed E-state index contributed by atoms with van der Waals surface area (Å²) >= 11 is 0. The summed E-state index contributed by atoms with van der Waals surface area (Å²) in [5.41, 5.74) is -0.146. The Morgan fingerprint density at radius 2 is 1.53 bits per heavy atom. The van der Waals surface area contributed by atoms with E-state index in [-0.39, 0.29) is 25.1 Å². The molecule has 36 heavy (non-hydrogen) atoms. The van der Waals surface area contributed by atoms with Gasteiger partial charge < -0.3 is 19.7 Å². The van der Waals surface area contributed by atoms with E-state index in [0.29, 0.717) is 35.8 Å².